The zero-order chi connectivity index (χ0) is 12.6. The van der Waals surface area contributed by atoms with E-state index < -0.39 is 5.76 Å². The maximum Gasteiger partial charge on any atom is 0.417 e. The summed E-state index contributed by atoms with van der Waals surface area (Å²) >= 11 is 0. The number of fused-ring (bicyclic) bond motifs is 1. The van der Waals surface area contributed by atoms with Gasteiger partial charge in [0.25, 0.3) is 0 Å². The molecule has 1 unspecified atom stereocenters. The molecule has 1 atom stereocenters. The molecule has 0 aliphatic heterocycles. The van der Waals surface area contributed by atoms with E-state index in [1.807, 2.05) is 6.92 Å². The van der Waals surface area contributed by atoms with E-state index in [0.29, 0.717) is 28.5 Å². The third kappa shape index (κ3) is 2.27. The van der Waals surface area contributed by atoms with Crippen LogP contribution in [-0.2, 0) is 0 Å². The van der Waals surface area contributed by atoms with Crippen molar-refractivity contribution in [3.63, 3.8) is 0 Å². The third-order valence-corrected chi connectivity index (χ3v) is 2.80. The molecule has 0 aliphatic carbocycles. The van der Waals surface area contributed by atoms with Gasteiger partial charge in [-0.15, -0.1) is 0 Å². The summed E-state index contributed by atoms with van der Waals surface area (Å²) in [5, 5.41) is 0. The minimum absolute atomic E-state index is 0.0494. The molecule has 1 heterocycles. The Morgan fingerprint density at radius 3 is 2.71 bits per heavy atom. The lowest BCUT2D eigenvalue weighted by molar-refractivity contribution is 0.172. The second-order valence-corrected chi connectivity index (χ2v) is 4.47. The summed E-state index contributed by atoms with van der Waals surface area (Å²) < 4.78 is 10.6. The first-order valence-corrected chi connectivity index (χ1v) is 5.56. The number of hydrogen-bond acceptors (Lipinski definition) is 4. The van der Waals surface area contributed by atoms with E-state index in [2.05, 4.69) is 18.8 Å². The molecule has 2 aromatic rings. The molecular formula is C12H16N2O3. The highest BCUT2D eigenvalue weighted by atomic mass is 16.5. The molecule has 17 heavy (non-hydrogen) atoms. The van der Waals surface area contributed by atoms with Crippen molar-refractivity contribution in [1.29, 1.82) is 0 Å². The second-order valence-electron chi connectivity index (χ2n) is 4.47. The maximum absolute atomic E-state index is 11.0. The predicted octanol–water partition coefficient (Wildman–Crippen LogP) is 2.13. The number of oxazole rings is 1. The number of anilines is 1. The van der Waals surface area contributed by atoms with Crippen molar-refractivity contribution in [3.8, 4) is 5.75 Å². The van der Waals surface area contributed by atoms with E-state index in [4.69, 9.17) is 14.9 Å². The molecule has 0 saturated heterocycles. The van der Waals surface area contributed by atoms with Gasteiger partial charge in [0.05, 0.1) is 17.3 Å². The molecule has 0 fully saturated rings. The predicted molar refractivity (Wildman–Crippen MR) is 66.2 cm³/mol. The minimum atomic E-state index is -0.492. The second kappa shape index (κ2) is 4.16. The molecule has 0 radical (unpaired) electrons. The molecule has 0 bridgehead atoms. The van der Waals surface area contributed by atoms with Gasteiger partial charge in [-0.3, -0.25) is 4.98 Å². The number of aromatic nitrogens is 1. The topological polar surface area (TPSA) is 81.2 Å². The SMILES string of the molecule is CC(C)C(C)Oc1cc2[nH]c(=O)oc2cc1N. The van der Waals surface area contributed by atoms with Crippen LogP contribution in [0.1, 0.15) is 20.8 Å². The van der Waals surface area contributed by atoms with Crippen LogP contribution in [0.3, 0.4) is 0 Å². The molecule has 1 aromatic carbocycles. The number of rotatable bonds is 3. The molecule has 1 aromatic heterocycles. The summed E-state index contributed by atoms with van der Waals surface area (Å²) in [6, 6.07) is 3.28. The number of aromatic amines is 1. The van der Waals surface area contributed by atoms with Gasteiger partial charge in [0.2, 0.25) is 0 Å². The van der Waals surface area contributed by atoms with Crippen molar-refractivity contribution in [2.24, 2.45) is 5.92 Å². The zero-order valence-corrected chi connectivity index (χ0v) is 10.1. The van der Waals surface area contributed by atoms with Crippen LogP contribution >= 0.6 is 0 Å². The van der Waals surface area contributed by atoms with Gasteiger partial charge in [0, 0.05) is 12.1 Å². The Kier molecular flexibility index (Phi) is 2.83. The molecule has 0 amide bonds. The summed E-state index contributed by atoms with van der Waals surface area (Å²) in [4.78, 5) is 13.6. The van der Waals surface area contributed by atoms with E-state index in [1.165, 1.54) is 0 Å². The standard InChI is InChI=1S/C12H16N2O3/c1-6(2)7(3)16-10-5-9-11(4-8(10)13)17-12(15)14-9/h4-7H,13H2,1-3H3,(H,14,15). The summed E-state index contributed by atoms with van der Waals surface area (Å²) in [7, 11) is 0. The molecule has 92 valence electrons. The molecule has 0 saturated carbocycles. The van der Waals surface area contributed by atoms with Crippen molar-refractivity contribution in [2.45, 2.75) is 26.9 Å². The van der Waals surface area contributed by atoms with Crippen molar-refractivity contribution in [2.75, 3.05) is 5.73 Å². The van der Waals surface area contributed by atoms with E-state index in [-0.39, 0.29) is 6.10 Å². The fraction of sp³-hybridized carbons (Fsp3) is 0.417. The Morgan fingerprint density at radius 1 is 1.35 bits per heavy atom. The normalized spacial score (nSPS) is 13.2. The maximum atomic E-state index is 11.0. The lowest BCUT2D eigenvalue weighted by Crippen LogP contribution is -2.19. The molecule has 5 heteroatoms. The molecule has 0 aliphatic rings. The monoisotopic (exact) mass is 236 g/mol. The number of benzene rings is 1. The van der Waals surface area contributed by atoms with E-state index in [9.17, 15) is 4.79 Å². The van der Waals surface area contributed by atoms with Crippen LogP contribution in [0, 0.1) is 5.92 Å². The Bertz CT molecular complexity index is 583. The first kappa shape index (κ1) is 11.6. The lowest BCUT2D eigenvalue weighted by atomic mass is 10.1. The minimum Gasteiger partial charge on any atom is -0.488 e. The lowest BCUT2D eigenvalue weighted by Gasteiger charge is -2.19. The molecule has 0 spiro atoms. The zero-order valence-electron chi connectivity index (χ0n) is 10.1. The highest BCUT2D eigenvalue weighted by Gasteiger charge is 2.13. The van der Waals surface area contributed by atoms with Crippen LogP contribution in [0.25, 0.3) is 11.1 Å². The number of nitrogens with two attached hydrogens (primary N) is 1. The first-order chi connectivity index (χ1) is 7.97. The highest BCUT2D eigenvalue weighted by Crippen LogP contribution is 2.28. The largest absolute Gasteiger partial charge is 0.488 e. The Hall–Kier alpha value is -1.91. The molecule has 3 N–H and O–H groups in total. The Balaban J connectivity index is 2.40. The fourth-order valence-corrected chi connectivity index (χ4v) is 1.43. The fourth-order valence-electron chi connectivity index (χ4n) is 1.43. The summed E-state index contributed by atoms with van der Waals surface area (Å²) in [6.45, 7) is 6.12. The van der Waals surface area contributed by atoms with E-state index in [1.54, 1.807) is 12.1 Å². The quantitative estimate of drug-likeness (QED) is 0.800. The Morgan fingerprint density at radius 2 is 2.06 bits per heavy atom. The van der Waals surface area contributed by atoms with Crippen LogP contribution in [-0.4, -0.2) is 11.1 Å². The van der Waals surface area contributed by atoms with E-state index in [0.717, 1.165) is 0 Å². The number of hydrogen-bond donors (Lipinski definition) is 2. The van der Waals surface area contributed by atoms with Crippen LogP contribution < -0.4 is 16.2 Å². The van der Waals surface area contributed by atoms with Crippen LogP contribution in [0.4, 0.5) is 5.69 Å². The average molecular weight is 236 g/mol. The third-order valence-electron chi connectivity index (χ3n) is 2.80. The molecule has 2 rings (SSSR count). The van der Waals surface area contributed by atoms with Gasteiger partial charge in [-0.1, -0.05) is 13.8 Å². The van der Waals surface area contributed by atoms with Crippen molar-refractivity contribution in [3.05, 3.63) is 22.7 Å². The van der Waals surface area contributed by atoms with Gasteiger partial charge in [0.1, 0.15) is 5.75 Å². The smallest absolute Gasteiger partial charge is 0.417 e. The van der Waals surface area contributed by atoms with E-state index >= 15 is 0 Å². The first-order valence-electron chi connectivity index (χ1n) is 5.56. The van der Waals surface area contributed by atoms with Gasteiger partial charge in [-0.25, -0.2) is 4.79 Å². The Labute approximate surface area is 98.6 Å². The summed E-state index contributed by atoms with van der Waals surface area (Å²) in [5.41, 5.74) is 7.34. The summed E-state index contributed by atoms with van der Waals surface area (Å²) in [6.07, 6.45) is 0.0494. The van der Waals surface area contributed by atoms with Crippen LogP contribution in [0.15, 0.2) is 21.3 Å². The van der Waals surface area contributed by atoms with Gasteiger partial charge in [0.15, 0.2) is 5.58 Å². The average Bonchev–Trinajstić information content (AvgIpc) is 2.57. The number of nitrogens with one attached hydrogen (secondary N) is 1. The number of ether oxygens (including phenoxy) is 1. The van der Waals surface area contributed by atoms with Crippen molar-refractivity contribution >= 4 is 16.8 Å². The van der Waals surface area contributed by atoms with Crippen LogP contribution in [0.2, 0.25) is 0 Å². The summed E-state index contributed by atoms with van der Waals surface area (Å²) in [5.74, 6) is 0.456. The molecular weight excluding hydrogens is 220 g/mol. The highest BCUT2D eigenvalue weighted by molar-refractivity contribution is 5.80. The van der Waals surface area contributed by atoms with Crippen molar-refractivity contribution < 1.29 is 9.15 Å². The van der Waals surface area contributed by atoms with Crippen LogP contribution in [0.5, 0.6) is 5.75 Å². The van der Waals surface area contributed by atoms with Gasteiger partial charge in [-0.2, -0.15) is 0 Å². The van der Waals surface area contributed by atoms with Gasteiger partial charge < -0.3 is 14.9 Å². The number of nitrogen functional groups attached to an aromatic ring is 1. The van der Waals surface area contributed by atoms with Crippen molar-refractivity contribution in [1.82, 2.24) is 4.98 Å². The van der Waals surface area contributed by atoms with Gasteiger partial charge >= 0.3 is 5.76 Å². The molecule has 5 nitrogen and oxygen atoms in total. The number of H-pyrrole nitrogens is 1. The van der Waals surface area contributed by atoms with Gasteiger partial charge in [-0.05, 0) is 12.8 Å².